The summed E-state index contributed by atoms with van der Waals surface area (Å²) in [6.07, 6.45) is 1.45. The number of benzene rings is 2. The molecule has 0 aliphatic carbocycles. The summed E-state index contributed by atoms with van der Waals surface area (Å²) in [6.45, 7) is 9.44. The molecule has 3 rings (SSSR count). The second kappa shape index (κ2) is 7.58. The summed E-state index contributed by atoms with van der Waals surface area (Å²) in [5.41, 5.74) is 1.09. The van der Waals surface area contributed by atoms with Crippen molar-refractivity contribution in [3.63, 3.8) is 0 Å². The minimum atomic E-state index is -0.623. The maximum absolute atomic E-state index is 12.5. The molecule has 2 atom stereocenters. The summed E-state index contributed by atoms with van der Waals surface area (Å²) in [6, 6.07) is 11.0. The zero-order valence-electron chi connectivity index (χ0n) is 16.9. The molecule has 148 valence electrons. The first-order chi connectivity index (χ1) is 13.3. The van der Waals surface area contributed by atoms with Crippen molar-refractivity contribution in [2.45, 2.75) is 32.8 Å². The number of rotatable bonds is 5. The molecule has 0 bridgehead atoms. The van der Waals surface area contributed by atoms with E-state index in [-0.39, 0.29) is 11.9 Å². The van der Waals surface area contributed by atoms with Gasteiger partial charge in [-0.3, -0.25) is 4.79 Å². The van der Waals surface area contributed by atoms with Crippen LogP contribution in [0.3, 0.4) is 0 Å². The molecule has 0 aromatic heterocycles. The van der Waals surface area contributed by atoms with E-state index in [1.165, 1.54) is 0 Å². The van der Waals surface area contributed by atoms with E-state index in [0.717, 1.165) is 22.6 Å². The average Bonchev–Trinajstić information content (AvgIpc) is 3.04. The van der Waals surface area contributed by atoms with Crippen LogP contribution in [-0.2, 0) is 4.79 Å². The van der Waals surface area contributed by atoms with Gasteiger partial charge in [0.1, 0.15) is 29.1 Å². The lowest BCUT2D eigenvalue weighted by molar-refractivity contribution is -0.143. The SMILES string of the molecule is C=C[C@@H]1c2cc(OC)ccc2O[C@@H]1c1cc(OC)ccc1OC(=O)C(C)(C)C. The van der Waals surface area contributed by atoms with E-state index in [2.05, 4.69) is 6.58 Å². The van der Waals surface area contributed by atoms with Crippen LogP contribution in [0, 0.1) is 5.41 Å². The lowest BCUT2D eigenvalue weighted by Gasteiger charge is -2.22. The summed E-state index contributed by atoms with van der Waals surface area (Å²) in [7, 11) is 3.23. The van der Waals surface area contributed by atoms with E-state index in [9.17, 15) is 4.79 Å². The van der Waals surface area contributed by atoms with Crippen molar-refractivity contribution in [1.82, 2.24) is 0 Å². The zero-order valence-corrected chi connectivity index (χ0v) is 16.9. The molecule has 28 heavy (non-hydrogen) atoms. The molecule has 2 aromatic rings. The first-order valence-electron chi connectivity index (χ1n) is 9.16. The summed E-state index contributed by atoms with van der Waals surface area (Å²) >= 11 is 0. The Kier molecular flexibility index (Phi) is 5.36. The Labute approximate surface area is 165 Å². The number of carbonyl (C=O) groups excluding carboxylic acids is 1. The molecule has 5 heteroatoms. The fourth-order valence-electron chi connectivity index (χ4n) is 3.12. The van der Waals surface area contributed by atoms with E-state index >= 15 is 0 Å². The Morgan fingerprint density at radius 1 is 1.04 bits per heavy atom. The van der Waals surface area contributed by atoms with E-state index in [1.54, 1.807) is 26.4 Å². The smallest absolute Gasteiger partial charge is 0.316 e. The summed E-state index contributed by atoms with van der Waals surface area (Å²) < 4.78 is 22.7. The fraction of sp³-hybridized carbons (Fsp3) is 0.348. The second-order valence-corrected chi connectivity index (χ2v) is 7.75. The Morgan fingerprint density at radius 2 is 1.64 bits per heavy atom. The highest BCUT2D eigenvalue weighted by atomic mass is 16.5. The first kappa shape index (κ1) is 19.8. The predicted molar refractivity (Wildman–Crippen MR) is 107 cm³/mol. The van der Waals surface area contributed by atoms with Crippen LogP contribution in [0.15, 0.2) is 49.1 Å². The van der Waals surface area contributed by atoms with Crippen molar-refractivity contribution in [2.75, 3.05) is 14.2 Å². The van der Waals surface area contributed by atoms with Crippen LogP contribution in [0.4, 0.5) is 0 Å². The molecule has 0 saturated carbocycles. The quantitative estimate of drug-likeness (QED) is 0.411. The molecule has 0 unspecified atom stereocenters. The van der Waals surface area contributed by atoms with Gasteiger partial charge in [-0.05, 0) is 57.2 Å². The van der Waals surface area contributed by atoms with Crippen molar-refractivity contribution in [2.24, 2.45) is 5.41 Å². The van der Waals surface area contributed by atoms with Crippen LogP contribution in [-0.4, -0.2) is 20.2 Å². The highest BCUT2D eigenvalue weighted by Gasteiger charge is 2.37. The molecule has 0 saturated heterocycles. The van der Waals surface area contributed by atoms with E-state index in [1.807, 2.05) is 51.1 Å². The van der Waals surface area contributed by atoms with E-state index in [0.29, 0.717) is 11.5 Å². The molecule has 0 fully saturated rings. The molecule has 0 spiro atoms. The molecule has 1 heterocycles. The second-order valence-electron chi connectivity index (χ2n) is 7.75. The molecule has 5 nitrogen and oxygen atoms in total. The summed E-state index contributed by atoms with van der Waals surface area (Å²) in [5, 5.41) is 0. The molecule has 0 radical (unpaired) electrons. The third-order valence-electron chi connectivity index (χ3n) is 4.75. The molecular formula is C23H26O5. The van der Waals surface area contributed by atoms with Crippen molar-refractivity contribution in [1.29, 1.82) is 0 Å². The van der Waals surface area contributed by atoms with Crippen LogP contribution in [0.5, 0.6) is 23.0 Å². The normalized spacial score (nSPS) is 18.0. The standard InChI is InChI=1S/C23H26O5/c1-7-16-17-12-14(25-5)8-10-19(17)27-21(16)18-13-15(26-6)9-11-20(18)28-22(24)23(2,3)4/h7-13,16,21H,1H2,2-6H3/t16-,21+/m1/s1. The Bertz CT molecular complexity index is 894. The van der Waals surface area contributed by atoms with Crippen molar-refractivity contribution < 1.29 is 23.7 Å². The van der Waals surface area contributed by atoms with Crippen LogP contribution in [0.25, 0.3) is 0 Å². The maximum Gasteiger partial charge on any atom is 0.316 e. The van der Waals surface area contributed by atoms with Crippen molar-refractivity contribution in [3.05, 3.63) is 60.2 Å². The van der Waals surface area contributed by atoms with E-state index < -0.39 is 11.5 Å². The fourth-order valence-corrected chi connectivity index (χ4v) is 3.12. The largest absolute Gasteiger partial charge is 0.497 e. The van der Waals surface area contributed by atoms with Gasteiger partial charge in [0.2, 0.25) is 0 Å². The third kappa shape index (κ3) is 3.70. The van der Waals surface area contributed by atoms with Gasteiger partial charge in [-0.15, -0.1) is 6.58 Å². The van der Waals surface area contributed by atoms with Crippen molar-refractivity contribution >= 4 is 5.97 Å². The van der Waals surface area contributed by atoms with E-state index in [4.69, 9.17) is 18.9 Å². The van der Waals surface area contributed by atoms with Gasteiger partial charge in [0.15, 0.2) is 0 Å². The van der Waals surface area contributed by atoms with Gasteiger partial charge in [-0.2, -0.15) is 0 Å². The maximum atomic E-state index is 12.5. The van der Waals surface area contributed by atoms with Gasteiger partial charge < -0.3 is 18.9 Å². The highest BCUT2D eigenvalue weighted by Crippen LogP contribution is 2.50. The van der Waals surface area contributed by atoms with Crippen LogP contribution < -0.4 is 18.9 Å². The minimum absolute atomic E-state index is 0.121. The molecular weight excluding hydrogens is 356 g/mol. The number of carbonyl (C=O) groups is 1. The Morgan fingerprint density at radius 3 is 2.21 bits per heavy atom. The summed E-state index contributed by atoms with van der Waals surface area (Å²) in [4.78, 5) is 12.5. The first-order valence-corrected chi connectivity index (χ1v) is 9.16. The number of fused-ring (bicyclic) bond motifs is 1. The van der Waals surface area contributed by atoms with Gasteiger partial charge in [0, 0.05) is 17.0 Å². The molecule has 2 aromatic carbocycles. The lowest BCUT2D eigenvalue weighted by Crippen LogP contribution is -2.26. The van der Waals surface area contributed by atoms with Crippen LogP contribution in [0.1, 0.15) is 43.9 Å². The Hall–Kier alpha value is -2.95. The predicted octanol–water partition coefficient (Wildman–Crippen LogP) is 5.06. The number of methoxy groups -OCH3 is 2. The third-order valence-corrected chi connectivity index (χ3v) is 4.75. The van der Waals surface area contributed by atoms with Gasteiger partial charge >= 0.3 is 5.97 Å². The molecule has 0 amide bonds. The number of esters is 1. The van der Waals surface area contributed by atoms with Crippen LogP contribution in [0.2, 0.25) is 0 Å². The topological polar surface area (TPSA) is 54.0 Å². The monoisotopic (exact) mass is 382 g/mol. The summed E-state index contributed by atoms with van der Waals surface area (Å²) in [5.74, 6) is 2.19. The lowest BCUT2D eigenvalue weighted by atomic mass is 9.90. The van der Waals surface area contributed by atoms with Gasteiger partial charge in [0.05, 0.1) is 19.6 Å². The number of hydrogen-bond donors (Lipinski definition) is 0. The van der Waals surface area contributed by atoms with Gasteiger partial charge in [-0.25, -0.2) is 0 Å². The number of ether oxygens (including phenoxy) is 4. The average molecular weight is 382 g/mol. The highest BCUT2D eigenvalue weighted by molar-refractivity contribution is 5.78. The molecule has 1 aliphatic rings. The minimum Gasteiger partial charge on any atom is -0.497 e. The van der Waals surface area contributed by atoms with Crippen molar-refractivity contribution in [3.8, 4) is 23.0 Å². The van der Waals surface area contributed by atoms with Gasteiger partial charge in [-0.1, -0.05) is 6.08 Å². The number of hydrogen-bond acceptors (Lipinski definition) is 5. The van der Waals surface area contributed by atoms with Gasteiger partial charge in [0.25, 0.3) is 0 Å². The van der Waals surface area contributed by atoms with Crippen LogP contribution >= 0.6 is 0 Å². The Balaban J connectivity index is 2.04. The zero-order chi connectivity index (χ0) is 20.5. The molecule has 0 N–H and O–H groups in total. The molecule has 1 aliphatic heterocycles.